The summed E-state index contributed by atoms with van der Waals surface area (Å²) >= 11 is 0. The molecule has 0 unspecified atom stereocenters. The summed E-state index contributed by atoms with van der Waals surface area (Å²) in [6.07, 6.45) is 0. The van der Waals surface area contributed by atoms with Gasteiger partial charge in [-0.25, -0.2) is 0 Å². The summed E-state index contributed by atoms with van der Waals surface area (Å²) in [4.78, 5) is 12.2. The van der Waals surface area contributed by atoms with Crippen LogP contribution in [0.2, 0.25) is 0 Å². The molecular weight excluding hydrogens is 332 g/mol. The van der Waals surface area contributed by atoms with Crippen molar-refractivity contribution in [2.24, 2.45) is 0 Å². The first-order valence-electron chi connectivity index (χ1n) is 7.29. The van der Waals surface area contributed by atoms with Gasteiger partial charge < -0.3 is 9.31 Å². The van der Waals surface area contributed by atoms with Crippen LogP contribution in [-0.2, 0) is 9.31 Å². The van der Waals surface area contributed by atoms with Crippen molar-refractivity contribution < 1.29 is 14.1 Å². The third-order valence-electron chi connectivity index (χ3n) is 4.24. The topological polar surface area (TPSA) is 102 Å². The van der Waals surface area contributed by atoms with Crippen LogP contribution in [-0.4, -0.2) is 44.9 Å². The highest BCUT2D eigenvalue weighted by Gasteiger charge is 2.51. The smallest absolute Gasteiger partial charge is 0.399 e. The number of hydrogen-bond donors (Lipinski definition) is 2. The maximum Gasteiger partial charge on any atom is 0.494 e. The average molecular weight is 352 g/mol. The maximum absolute atomic E-state index is 12.2. The number of tetrazole rings is 1. The van der Waals surface area contributed by atoms with Crippen molar-refractivity contribution in [2.75, 3.05) is 5.32 Å². The lowest BCUT2D eigenvalue weighted by molar-refractivity contribution is 0.00578. The highest BCUT2D eigenvalue weighted by molar-refractivity contribution is 6.62. The fraction of sp³-hybridized carbons (Fsp3) is 0.429. The third-order valence-corrected chi connectivity index (χ3v) is 4.24. The van der Waals surface area contributed by atoms with Gasteiger partial charge in [0, 0.05) is 5.56 Å². The van der Waals surface area contributed by atoms with Crippen LogP contribution in [0, 0.1) is 0 Å². The summed E-state index contributed by atoms with van der Waals surface area (Å²) < 4.78 is 12.0. The Kier molecular flexibility index (Phi) is 4.98. The summed E-state index contributed by atoms with van der Waals surface area (Å²) in [5.41, 5.74) is 0.382. The fourth-order valence-electron chi connectivity index (χ4n) is 2.19. The monoisotopic (exact) mass is 351 g/mol. The van der Waals surface area contributed by atoms with Crippen molar-refractivity contribution in [3.8, 4) is 0 Å². The first-order chi connectivity index (χ1) is 10.8. The molecule has 0 aliphatic carbocycles. The Morgan fingerprint density at radius 1 is 1.21 bits per heavy atom. The van der Waals surface area contributed by atoms with Gasteiger partial charge >= 0.3 is 7.12 Å². The normalized spacial score (nSPS) is 18.1. The van der Waals surface area contributed by atoms with Gasteiger partial charge in [-0.1, -0.05) is 17.2 Å². The van der Waals surface area contributed by atoms with Crippen LogP contribution >= 0.6 is 12.4 Å². The minimum Gasteiger partial charge on any atom is -0.399 e. The third kappa shape index (κ3) is 3.43. The Bertz CT molecular complexity index is 707. The van der Waals surface area contributed by atoms with E-state index >= 15 is 0 Å². The molecule has 0 bridgehead atoms. The van der Waals surface area contributed by atoms with E-state index in [0.29, 0.717) is 5.56 Å². The molecule has 24 heavy (non-hydrogen) atoms. The number of nitrogens with zero attached hydrogens (tertiary/aromatic N) is 3. The summed E-state index contributed by atoms with van der Waals surface area (Å²) in [6, 6.07) is 7.08. The van der Waals surface area contributed by atoms with E-state index in [9.17, 15) is 4.79 Å². The van der Waals surface area contributed by atoms with E-state index in [0.717, 1.165) is 5.46 Å². The molecule has 3 rings (SSSR count). The number of H-pyrrole nitrogens is 1. The number of carbonyl (C=O) groups excluding carboxylic acids is 1. The van der Waals surface area contributed by atoms with Gasteiger partial charge in [0.05, 0.1) is 11.2 Å². The second kappa shape index (κ2) is 6.50. The second-order valence-electron chi connectivity index (χ2n) is 6.40. The van der Waals surface area contributed by atoms with Gasteiger partial charge in [-0.15, -0.1) is 17.5 Å². The molecule has 0 atom stereocenters. The van der Waals surface area contributed by atoms with E-state index in [1.807, 2.05) is 33.8 Å². The number of rotatable bonds is 3. The molecule has 1 aliphatic heterocycles. The molecule has 0 radical (unpaired) electrons. The zero-order valence-corrected chi connectivity index (χ0v) is 14.7. The average Bonchev–Trinajstić information content (AvgIpc) is 3.05. The number of hydrogen-bond acceptors (Lipinski definition) is 6. The van der Waals surface area contributed by atoms with Crippen molar-refractivity contribution in [3.63, 3.8) is 0 Å². The molecular formula is C14H19BClN5O3. The summed E-state index contributed by atoms with van der Waals surface area (Å²) in [6.45, 7) is 7.94. The Labute approximate surface area is 146 Å². The van der Waals surface area contributed by atoms with Crippen LogP contribution in [0.15, 0.2) is 24.3 Å². The van der Waals surface area contributed by atoms with Crippen LogP contribution < -0.4 is 10.8 Å². The molecule has 0 saturated carbocycles. The van der Waals surface area contributed by atoms with E-state index < -0.39 is 18.3 Å². The second-order valence-corrected chi connectivity index (χ2v) is 6.40. The number of amides is 1. The number of anilines is 1. The van der Waals surface area contributed by atoms with E-state index in [2.05, 4.69) is 25.9 Å². The van der Waals surface area contributed by atoms with Crippen molar-refractivity contribution in [1.29, 1.82) is 0 Å². The van der Waals surface area contributed by atoms with E-state index in [4.69, 9.17) is 9.31 Å². The zero-order valence-electron chi connectivity index (χ0n) is 13.9. The van der Waals surface area contributed by atoms with Gasteiger partial charge in [0.15, 0.2) is 0 Å². The van der Waals surface area contributed by atoms with E-state index in [-0.39, 0.29) is 24.3 Å². The first-order valence-corrected chi connectivity index (χ1v) is 7.29. The summed E-state index contributed by atoms with van der Waals surface area (Å²) in [7, 11) is -0.516. The maximum atomic E-state index is 12.2. The molecule has 2 N–H and O–H groups in total. The highest BCUT2D eigenvalue weighted by Crippen LogP contribution is 2.36. The number of carbonyl (C=O) groups is 1. The molecule has 8 nitrogen and oxygen atoms in total. The minimum atomic E-state index is -0.516. The summed E-state index contributed by atoms with van der Waals surface area (Å²) in [5, 5.41) is 15.6. The molecule has 0 spiro atoms. The van der Waals surface area contributed by atoms with Gasteiger partial charge in [0.25, 0.3) is 11.9 Å². The number of aromatic amines is 1. The van der Waals surface area contributed by atoms with E-state index in [1.54, 1.807) is 18.2 Å². The van der Waals surface area contributed by atoms with Crippen molar-refractivity contribution in [1.82, 2.24) is 20.6 Å². The number of benzene rings is 1. The highest BCUT2D eigenvalue weighted by atomic mass is 35.5. The Morgan fingerprint density at radius 2 is 1.88 bits per heavy atom. The largest absolute Gasteiger partial charge is 0.494 e. The molecule has 1 aromatic heterocycles. The van der Waals surface area contributed by atoms with Crippen molar-refractivity contribution in [2.45, 2.75) is 38.9 Å². The zero-order chi connectivity index (χ0) is 16.7. The van der Waals surface area contributed by atoms with Crippen LogP contribution in [0.25, 0.3) is 0 Å². The minimum absolute atomic E-state index is 0. The predicted octanol–water partition coefficient (Wildman–Crippen LogP) is 1.17. The SMILES string of the molecule is CC1(C)OB(c2cccc(C(=O)Nc3nn[nH]n3)c2)OC1(C)C.Cl. The van der Waals surface area contributed by atoms with Crippen molar-refractivity contribution >= 4 is 36.8 Å². The quantitative estimate of drug-likeness (QED) is 0.805. The van der Waals surface area contributed by atoms with Crippen LogP contribution in [0.1, 0.15) is 38.1 Å². The van der Waals surface area contributed by atoms with Gasteiger partial charge in [-0.3, -0.25) is 10.1 Å². The van der Waals surface area contributed by atoms with Crippen LogP contribution in [0.5, 0.6) is 0 Å². The molecule has 1 aromatic carbocycles. The van der Waals surface area contributed by atoms with Gasteiger partial charge in [0.2, 0.25) is 0 Å². The molecule has 1 fully saturated rings. The Hall–Kier alpha value is -1.97. The molecule has 1 aliphatic rings. The van der Waals surface area contributed by atoms with Gasteiger partial charge in [0.1, 0.15) is 0 Å². The summed E-state index contributed by atoms with van der Waals surface area (Å²) in [5.74, 6) is -0.208. The standard InChI is InChI=1S/C14H18BN5O3.ClH/c1-13(2)14(3,4)23-15(22-13)10-7-5-6-9(8-10)11(21)16-12-17-19-20-18-12;/h5-8H,1-4H3,(H2,16,17,18,19,20,21);1H. The predicted molar refractivity (Wildman–Crippen MR) is 91.5 cm³/mol. The fourth-order valence-corrected chi connectivity index (χ4v) is 2.19. The molecule has 2 heterocycles. The van der Waals surface area contributed by atoms with Crippen molar-refractivity contribution in [3.05, 3.63) is 29.8 Å². The lowest BCUT2D eigenvalue weighted by atomic mass is 9.78. The Balaban J connectivity index is 0.00000208. The van der Waals surface area contributed by atoms with Crippen LogP contribution in [0.4, 0.5) is 5.95 Å². The number of aromatic nitrogens is 4. The number of halogens is 1. The Morgan fingerprint density at radius 3 is 2.46 bits per heavy atom. The lowest BCUT2D eigenvalue weighted by Gasteiger charge is -2.32. The molecule has 10 heteroatoms. The molecule has 1 saturated heterocycles. The van der Waals surface area contributed by atoms with E-state index in [1.165, 1.54) is 0 Å². The first kappa shape index (κ1) is 18.4. The lowest BCUT2D eigenvalue weighted by Crippen LogP contribution is -2.41. The van der Waals surface area contributed by atoms with Crippen LogP contribution in [0.3, 0.4) is 0 Å². The molecule has 128 valence electrons. The van der Waals surface area contributed by atoms with Gasteiger partial charge in [-0.2, -0.15) is 5.21 Å². The molecule has 2 aromatic rings. The molecule has 1 amide bonds. The van der Waals surface area contributed by atoms with Gasteiger partial charge in [-0.05, 0) is 50.5 Å². The number of nitrogens with one attached hydrogen (secondary N) is 2.